The number of hydrogen-bond acceptors (Lipinski definition) is 5. The summed E-state index contributed by atoms with van der Waals surface area (Å²) in [5, 5.41) is 2.51. The van der Waals surface area contributed by atoms with Gasteiger partial charge >= 0.3 is 11.9 Å². The van der Waals surface area contributed by atoms with Gasteiger partial charge in [-0.2, -0.15) is 0 Å². The lowest BCUT2D eigenvalue weighted by Gasteiger charge is -2.30. The molecular formula is C23H27NO5. The Kier molecular flexibility index (Phi) is 7.95. The molecular weight excluding hydrogens is 370 g/mol. The van der Waals surface area contributed by atoms with Crippen molar-refractivity contribution in [3.8, 4) is 0 Å². The van der Waals surface area contributed by atoms with E-state index in [4.69, 9.17) is 9.47 Å². The first kappa shape index (κ1) is 22.1. The van der Waals surface area contributed by atoms with E-state index in [0.29, 0.717) is 6.42 Å². The second kappa shape index (κ2) is 10.4. The van der Waals surface area contributed by atoms with Gasteiger partial charge in [-0.05, 0) is 37.0 Å². The van der Waals surface area contributed by atoms with Gasteiger partial charge in [0.15, 0.2) is 0 Å². The minimum atomic E-state index is -1.94. The van der Waals surface area contributed by atoms with Gasteiger partial charge in [-0.15, -0.1) is 0 Å². The highest BCUT2D eigenvalue weighted by atomic mass is 16.6. The molecule has 2 aromatic carbocycles. The first-order chi connectivity index (χ1) is 13.9. The number of rotatable bonds is 9. The molecule has 0 radical (unpaired) electrons. The molecule has 2 aromatic rings. The van der Waals surface area contributed by atoms with Crippen LogP contribution in [0.2, 0.25) is 0 Å². The Hall–Kier alpha value is -3.15. The predicted molar refractivity (Wildman–Crippen MR) is 109 cm³/mol. The molecule has 6 heteroatoms. The van der Waals surface area contributed by atoms with Crippen LogP contribution in [0.1, 0.15) is 37.5 Å². The van der Waals surface area contributed by atoms with Gasteiger partial charge in [0, 0.05) is 13.3 Å². The van der Waals surface area contributed by atoms with E-state index in [0.717, 1.165) is 16.7 Å². The van der Waals surface area contributed by atoms with Crippen LogP contribution in [0.15, 0.2) is 54.6 Å². The van der Waals surface area contributed by atoms with Gasteiger partial charge in [0.05, 0.1) is 13.2 Å². The maximum Gasteiger partial charge on any atom is 0.344 e. The highest BCUT2D eigenvalue weighted by molar-refractivity contribution is 6.08. The topological polar surface area (TPSA) is 81.7 Å². The van der Waals surface area contributed by atoms with E-state index in [9.17, 15) is 14.4 Å². The number of hydrogen-bond donors (Lipinski definition) is 1. The summed E-state index contributed by atoms with van der Waals surface area (Å²) in [6.07, 6.45) is 0.562. The SMILES string of the molecule is CCOC(=O)C(Cc1ccccc1Cc1ccccc1)(NC(C)=O)C(=O)OCC. The Bertz CT molecular complexity index is 829. The average molecular weight is 397 g/mol. The molecule has 154 valence electrons. The molecule has 0 aromatic heterocycles. The molecule has 0 aliphatic carbocycles. The van der Waals surface area contributed by atoms with Gasteiger partial charge in [-0.1, -0.05) is 54.6 Å². The molecule has 1 amide bonds. The normalized spacial score (nSPS) is 10.9. The zero-order chi connectivity index (χ0) is 21.3. The van der Waals surface area contributed by atoms with Crippen molar-refractivity contribution in [2.45, 2.75) is 39.2 Å². The molecule has 0 bridgehead atoms. The summed E-state index contributed by atoms with van der Waals surface area (Å²) >= 11 is 0. The molecule has 6 nitrogen and oxygen atoms in total. The number of esters is 2. The molecule has 0 atom stereocenters. The lowest BCUT2D eigenvalue weighted by atomic mass is 9.86. The van der Waals surface area contributed by atoms with Gasteiger partial charge in [0.25, 0.3) is 0 Å². The maximum atomic E-state index is 12.9. The Labute approximate surface area is 171 Å². The number of carbonyl (C=O) groups excluding carboxylic acids is 3. The summed E-state index contributed by atoms with van der Waals surface area (Å²) in [4.78, 5) is 37.6. The standard InChI is InChI=1S/C23H27NO5/c1-4-28-21(26)23(24-17(3)25,22(27)29-5-2)16-20-14-10-9-13-19(20)15-18-11-7-6-8-12-18/h6-14H,4-5,15-16H2,1-3H3,(H,24,25). The van der Waals surface area contributed by atoms with Crippen LogP contribution in [-0.2, 0) is 36.7 Å². The molecule has 0 unspecified atom stereocenters. The molecule has 0 saturated heterocycles. The number of benzene rings is 2. The second-order valence-corrected chi connectivity index (χ2v) is 6.64. The molecule has 0 aliphatic rings. The van der Waals surface area contributed by atoms with Crippen molar-refractivity contribution in [1.29, 1.82) is 0 Å². The van der Waals surface area contributed by atoms with E-state index >= 15 is 0 Å². The molecule has 29 heavy (non-hydrogen) atoms. The van der Waals surface area contributed by atoms with Crippen LogP contribution in [0.4, 0.5) is 0 Å². The van der Waals surface area contributed by atoms with E-state index in [1.54, 1.807) is 13.8 Å². The molecule has 0 heterocycles. The Balaban J connectivity index is 2.48. The quantitative estimate of drug-likeness (QED) is 0.520. The maximum absolute atomic E-state index is 12.9. The van der Waals surface area contributed by atoms with Crippen molar-refractivity contribution in [2.24, 2.45) is 0 Å². The van der Waals surface area contributed by atoms with Crippen LogP contribution in [0, 0.1) is 0 Å². The summed E-state index contributed by atoms with van der Waals surface area (Å²) in [5.74, 6) is -2.18. The summed E-state index contributed by atoms with van der Waals surface area (Å²) in [7, 11) is 0. The van der Waals surface area contributed by atoms with Crippen LogP contribution in [0.3, 0.4) is 0 Å². The first-order valence-electron chi connectivity index (χ1n) is 9.66. The molecule has 0 aliphatic heterocycles. The molecule has 0 saturated carbocycles. The summed E-state index contributed by atoms with van der Waals surface area (Å²) < 4.78 is 10.3. The van der Waals surface area contributed by atoms with Gasteiger partial charge in [0.2, 0.25) is 11.4 Å². The smallest absolute Gasteiger partial charge is 0.344 e. The fourth-order valence-corrected chi connectivity index (χ4v) is 3.19. The lowest BCUT2D eigenvalue weighted by molar-refractivity contribution is -0.168. The van der Waals surface area contributed by atoms with E-state index in [1.807, 2.05) is 54.6 Å². The monoisotopic (exact) mass is 397 g/mol. The summed E-state index contributed by atoms with van der Waals surface area (Å²) in [6.45, 7) is 4.69. The van der Waals surface area contributed by atoms with E-state index in [2.05, 4.69) is 5.32 Å². The average Bonchev–Trinajstić information content (AvgIpc) is 2.69. The summed E-state index contributed by atoms with van der Waals surface area (Å²) in [5.41, 5.74) is 0.857. The van der Waals surface area contributed by atoms with E-state index in [1.165, 1.54) is 6.92 Å². The molecule has 0 fully saturated rings. The number of amides is 1. The van der Waals surface area contributed by atoms with Crippen molar-refractivity contribution in [2.75, 3.05) is 13.2 Å². The molecule has 0 spiro atoms. The third-order valence-corrected chi connectivity index (χ3v) is 4.45. The zero-order valence-corrected chi connectivity index (χ0v) is 17.1. The van der Waals surface area contributed by atoms with Gasteiger partial charge in [-0.25, -0.2) is 9.59 Å². The van der Waals surface area contributed by atoms with Crippen molar-refractivity contribution in [3.05, 3.63) is 71.3 Å². The molecule has 1 N–H and O–H groups in total. The van der Waals surface area contributed by atoms with E-state index < -0.39 is 23.4 Å². The first-order valence-corrected chi connectivity index (χ1v) is 9.66. The predicted octanol–water partition coefficient (Wildman–Crippen LogP) is 2.82. The van der Waals surface area contributed by atoms with Crippen LogP contribution in [0.5, 0.6) is 0 Å². The zero-order valence-electron chi connectivity index (χ0n) is 17.1. The Morgan fingerprint density at radius 3 is 1.86 bits per heavy atom. The Morgan fingerprint density at radius 1 is 0.828 bits per heavy atom. The third kappa shape index (κ3) is 5.67. The van der Waals surface area contributed by atoms with Crippen molar-refractivity contribution >= 4 is 17.8 Å². The third-order valence-electron chi connectivity index (χ3n) is 4.45. The largest absolute Gasteiger partial charge is 0.464 e. The van der Waals surface area contributed by atoms with Gasteiger partial charge in [-0.3, -0.25) is 4.79 Å². The van der Waals surface area contributed by atoms with Crippen molar-refractivity contribution in [1.82, 2.24) is 5.32 Å². The minimum Gasteiger partial charge on any atom is -0.464 e. The van der Waals surface area contributed by atoms with Crippen LogP contribution < -0.4 is 5.32 Å². The van der Waals surface area contributed by atoms with Gasteiger partial charge < -0.3 is 14.8 Å². The van der Waals surface area contributed by atoms with Crippen LogP contribution >= 0.6 is 0 Å². The van der Waals surface area contributed by atoms with Crippen LogP contribution in [-0.4, -0.2) is 36.6 Å². The minimum absolute atomic E-state index is 0.0622. The fourth-order valence-electron chi connectivity index (χ4n) is 3.19. The number of carbonyl (C=O) groups is 3. The van der Waals surface area contributed by atoms with Gasteiger partial charge in [0.1, 0.15) is 0 Å². The number of ether oxygens (including phenoxy) is 2. The lowest BCUT2D eigenvalue weighted by Crippen LogP contribution is -2.62. The summed E-state index contributed by atoms with van der Waals surface area (Å²) in [6, 6.07) is 17.4. The fraction of sp³-hybridized carbons (Fsp3) is 0.348. The highest BCUT2D eigenvalue weighted by Crippen LogP contribution is 2.23. The van der Waals surface area contributed by atoms with Crippen molar-refractivity contribution in [3.63, 3.8) is 0 Å². The Morgan fingerprint density at radius 2 is 1.34 bits per heavy atom. The molecule has 2 rings (SSSR count). The number of nitrogens with one attached hydrogen (secondary N) is 1. The van der Waals surface area contributed by atoms with Crippen LogP contribution in [0.25, 0.3) is 0 Å². The van der Waals surface area contributed by atoms with Crippen molar-refractivity contribution < 1.29 is 23.9 Å². The van der Waals surface area contributed by atoms with E-state index in [-0.39, 0.29) is 19.6 Å². The highest BCUT2D eigenvalue weighted by Gasteiger charge is 2.50. The second-order valence-electron chi connectivity index (χ2n) is 6.64.